The minimum Gasteiger partial charge on any atom is -0.483 e. The van der Waals surface area contributed by atoms with Crippen molar-refractivity contribution in [3.05, 3.63) is 42.5 Å². The van der Waals surface area contributed by atoms with E-state index in [0.29, 0.717) is 18.7 Å². The molecule has 2 aromatic rings. The Balaban J connectivity index is 1.70. The molecule has 3 rings (SSSR count). The summed E-state index contributed by atoms with van der Waals surface area (Å²) in [5.41, 5.74) is 0. The van der Waals surface area contributed by atoms with E-state index in [2.05, 4.69) is 0 Å². The lowest BCUT2D eigenvalue weighted by atomic mass is 10.1. The van der Waals surface area contributed by atoms with Crippen LogP contribution in [0.25, 0.3) is 10.8 Å². The maximum atomic E-state index is 12.5. The molecule has 0 aromatic heterocycles. The topological polar surface area (TPSA) is 63.7 Å². The molecule has 0 N–H and O–H groups in total. The van der Waals surface area contributed by atoms with E-state index in [0.717, 1.165) is 10.8 Å². The van der Waals surface area contributed by atoms with Crippen molar-refractivity contribution in [2.75, 3.05) is 24.7 Å². The molecule has 0 bridgehead atoms. The predicted molar refractivity (Wildman–Crippen MR) is 93.9 cm³/mol. The Hall–Kier alpha value is -2.08. The summed E-state index contributed by atoms with van der Waals surface area (Å²) in [5, 5.41) is 2.01. The Kier molecular flexibility index (Phi) is 4.76. The highest BCUT2D eigenvalue weighted by Crippen LogP contribution is 2.25. The first-order chi connectivity index (χ1) is 11.5. The van der Waals surface area contributed by atoms with Crippen LogP contribution in [0, 0.1) is 0 Å². The van der Waals surface area contributed by atoms with Crippen molar-refractivity contribution in [3.63, 3.8) is 0 Å². The van der Waals surface area contributed by atoms with Crippen molar-refractivity contribution >= 4 is 26.5 Å². The van der Waals surface area contributed by atoms with Crippen LogP contribution >= 0.6 is 0 Å². The number of nitrogens with zero attached hydrogens (tertiary/aromatic N) is 1. The van der Waals surface area contributed by atoms with E-state index in [4.69, 9.17) is 4.74 Å². The third-order valence-corrected chi connectivity index (χ3v) is 6.16. The molecule has 1 heterocycles. The van der Waals surface area contributed by atoms with Crippen LogP contribution in [0.3, 0.4) is 0 Å². The van der Waals surface area contributed by atoms with Crippen molar-refractivity contribution in [2.24, 2.45) is 0 Å². The lowest BCUT2D eigenvalue weighted by Crippen LogP contribution is -2.43. The fourth-order valence-electron chi connectivity index (χ4n) is 3.20. The van der Waals surface area contributed by atoms with Crippen LogP contribution in [0.2, 0.25) is 0 Å². The molecule has 1 aliphatic heterocycles. The van der Waals surface area contributed by atoms with Gasteiger partial charge < -0.3 is 9.64 Å². The number of benzene rings is 2. The molecule has 2 aromatic carbocycles. The van der Waals surface area contributed by atoms with Gasteiger partial charge >= 0.3 is 0 Å². The summed E-state index contributed by atoms with van der Waals surface area (Å²) in [5.74, 6) is 0.705. The zero-order chi connectivity index (χ0) is 17.2. The van der Waals surface area contributed by atoms with Gasteiger partial charge in [0.15, 0.2) is 16.4 Å². The number of carbonyl (C=O) groups excluding carboxylic acids is 1. The maximum absolute atomic E-state index is 12.5. The Morgan fingerprint density at radius 1 is 1.21 bits per heavy atom. The monoisotopic (exact) mass is 347 g/mol. The van der Waals surface area contributed by atoms with Gasteiger partial charge in [0.05, 0.1) is 11.5 Å². The number of ether oxygens (including phenoxy) is 1. The molecule has 0 aliphatic carbocycles. The normalized spacial score (nSPS) is 19.3. The van der Waals surface area contributed by atoms with E-state index in [1.807, 2.05) is 49.4 Å². The standard InChI is InChI=1S/C18H21NO4S/c1-2-19(15-10-11-24(21,22)13-15)18(20)12-23-17-9-5-7-14-6-3-4-8-16(14)17/h3-9,15H,2,10-13H2,1H3. The largest absolute Gasteiger partial charge is 0.483 e. The third-order valence-electron chi connectivity index (χ3n) is 4.41. The third kappa shape index (κ3) is 3.53. The summed E-state index contributed by atoms with van der Waals surface area (Å²) in [6, 6.07) is 13.3. The van der Waals surface area contributed by atoms with Gasteiger partial charge in [0.2, 0.25) is 0 Å². The molecule has 128 valence electrons. The summed E-state index contributed by atoms with van der Waals surface area (Å²) < 4.78 is 29.0. The lowest BCUT2D eigenvalue weighted by Gasteiger charge is -2.26. The van der Waals surface area contributed by atoms with Crippen LogP contribution in [0.5, 0.6) is 5.75 Å². The molecule has 0 spiro atoms. The van der Waals surface area contributed by atoms with Crippen molar-refractivity contribution in [2.45, 2.75) is 19.4 Å². The first-order valence-electron chi connectivity index (χ1n) is 8.10. The average Bonchev–Trinajstić information content (AvgIpc) is 2.93. The fourth-order valence-corrected chi connectivity index (χ4v) is 4.93. The summed E-state index contributed by atoms with van der Waals surface area (Å²) in [6.45, 7) is 2.26. The molecule has 1 amide bonds. The van der Waals surface area contributed by atoms with Crippen LogP contribution in [0.1, 0.15) is 13.3 Å². The second-order valence-electron chi connectivity index (χ2n) is 6.00. The van der Waals surface area contributed by atoms with Crippen LogP contribution < -0.4 is 4.74 Å². The lowest BCUT2D eigenvalue weighted by molar-refractivity contribution is -0.135. The van der Waals surface area contributed by atoms with Gasteiger partial charge in [-0.1, -0.05) is 36.4 Å². The highest BCUT2D eigenvalue weighted by molar-refractivity contribution is 7.91. The van der Waals surface area contributed by atoms with Gasteiger partial charge in [-0.2, -0.15) is 0 Å². The molecular formula is C18H21NO4S. The van der Waals surface area contributed by atoms with Crippen molar-refractivity contribution in [1.82, 2.24) is 4.90 Å². The molecule has 0 saturated carbocycles. The number of hydrogen-bond acceptors (Lipinski definition) is 4. The maximum Gasteiger partial charge on any atom is 0.260 e. The van der Waals surface area contributed by atoms with Crippen LogP contribution in [0.4, 0.5) is 0 Å². The number of hydrogen-bond donors (Lipinski definition) is 0. The van der Waals surface area contributed by atoms with E-state index in [9.17, 15) is 13.2 Å². The van der Waals surface area contributed by atoms with Crippen molar-refractivity contribution in [1.29, 1.82) is 0 Å². The van der Waals surface area contributed by atoms with E-state index in [1.165, 1.54) is 0 Å². The zero-order valence-corrected chi connectivity index (χ0v) is 14.5. The van der Waals surface area contributed by atoms with Crippen LogP contribution in [-0.2, 0) is 14.6 Å². The average molecular weight is 347 g/mol. The Morgan fingerprint density at radius 3 is 2.67 bits per heavy atom. The minimum absolute atomic E-state index is 0.0564. The Morgan fingerprint density at radius 2 is 1.96 bits per heavy atom. The second kappa shape index (κ2) is 6.81. The molecule has 1 atom stereocenters. The quantitative estimate of drug-likeness (QED) is 0.832. The zero-order valence-electron chi connectivity index (χ0n) is 13.6. The molecule has 1 aliphatic rings. The fraction of sp³-hybridized carbons (Fsp3) is 0.389. The number of carbonyl (C=O) groups is 1. The number of sulfone groups is 1. The van der Waals surface area contributed by atoms with E-state index in [-0.39, 0.29) is 30.1 Å². The van der Waals surface area contributed by atoms with Gasteiger partial charge in [-0.25, -0.2) is 8.42 Å². The summed E-state index contributed by atoms with van der Waals surface area (Å²) >= 11 is 0. The number of rotatable bonds is 5. The van der Waals surface area contributed by atoms with E-state index < -0.39 is 9.84 Å². The van der Waals surface area contributed by atoms with Crippen LogP contribution in [0.15, 0.2) is 42.5 Å². The van der Waals surface area contributed by atoms with Crippen molar-refractivity contribution < 1.29 is 17.9 Å². The van der Waals surface area contributed by atoms with Gasteiger partial charge in [-0.3, -0.25) is 4.79 Å². The van der Waals surface area contributed by atoms with Gasteiger partial charge in [-0.05, 0) is 24.8 Å². The van der Waals surface area contributed by atoms with Gasteiger partial charge in [0, 0.05) is 18.0 Å². The molecule has 1 fully saturated rings. The van der Waals surface area contributed by atoms with E-state index >= 15 is 0 Å². The smallest absolute Gasteiger partial charge is 0.260 e. The number of likely N-dealkylation sites (N-methyl/N-ethyl adjacent to an activating group) is 1. The van der Waals surface area contributed by atoms with Gasteiger partial charge in [0.25, 0.3) is 5.91 Å². The minimum atomic E-state index is -3.01. The van der Waals surface area contributed by atoms with E-state index in [1.54, 1.807) is 4.90 Å². The number of fused-ring (bicyclic) bond motifs is 1. The molecule has 0 radical (unpaired) electrons. The highest BCUT2D eigenvalue weighted by Gasteiger charge is 2.33. The first-order valence-corrected chi connectivity index (χ1v) is 9.93. The molecule has 5 nitrogen and oxygen atoms in total. The molecule has 6 heteroatoms. The molecular weight excluding hydrogens is 326 g/mol. The summed E-state index contributed by atoms with van der Waals surface area (Å²) in [7, 11) is -3.01. The second-order valence-corrected chi connectivity index (χ2v) is 8.23. The number of amides is 1. The summed E-state index contributed by atoms with van der Waals surface area (Å²) in [4.78, 5) is 14.1. The Bertz CT molecular complexity index is 842. The predicted octanol–water partition coefficient (Wildman–Crippen LogP) is 2.25. The Labute approximate surface area is 142 Å². The summed E-state index contributed by atoms with van der Waals surface area (Å²) in [6.07, 6.45) is 0.510. The van der Waals surface area contributed by atoms with Crippen molar-refractivity contribution in [3.8, 4) is 5.75 Å². The molecule has 24 heavy (non-hydrogen) atoms. The first kappa shape index (κ1) is 16.8. The SMILES string of the molecule is CCN(C(=O)COc1cccc2ccccc12)C1CCS(=O)(=O)C1. The van der Waals surface area contributed by atoms with Gasteiger partial charge in [-0.15, -0.1) is 0 Å². The van der Waals surface area contributed by atoms with Gasteiger partial charge in [0.1, 0.15) is 5.75 Å². The molecule has 1 saturated heterocycles. The van der Waals surface area contributed by atoms with Crippen LogP contribution in [-0.4, -0.2) is 49.9 Å². The molecule has 1 unspecified atom stereocenters. The highest BCUT2D eigenvalue weighted by atomic mass is 32.2.